The molecular formula is C26H25FN6O2S. The Balaban J connectivity index is 1.74. The molecule has 0 saturated heterocycles. The minimum atomic E-state index is -3.76. The van der Waals surface area contributed by atoms with E-state index in [0.29, 0.717) is 45.1 Å². The maximum absolute atomic E-state index is 14.9. The zero-order valence-corrected chi connectivity index (χ0v) is 20.8. The first kappa shape index (κ1) is 23.6. The molecule has 3 aromatic carbocycles. The van der Waals surface area contributed by atoms with Crippen molar-refractivity contribution in [2.45, 2.75) is 19.1 Å². The third kappa shape index (κ3) is 3.89. The average molecular weight is 505 g/mol. The van der Waals surface area contributed by atoms with Crippen molar-refractivity contribution in [2.24, 2.45) is 0 Å². The SMILES string of the molecule is CNc1ccc(-c2nc(-c3ccc4nc(N)n(S(=O)(=O)C(C)C)c4c3)c(-c3ccccc3)[nH]2)c(F)c1. The lowest BCUT2D eigenvalue weighted by Gasteiger charge is -2.11. The fourth-order valence-corrected chi connectivity index (χ4v) is 5.23. The van der Waals surface area contributed by atoms with Gasteiger partial charge in [-0.15, -0.1) is 0 Å². The lowest BCUT2D eigenvalue weighted by molar-refractivity contribution is 0.580. The van der Waals surface area contributed by atoms with Gasteiger partial charge in [-0.3, -0.25) is 0 Å². The molecule has 184 valence electrons. The van der Waals surface area contributed by atoms with E-state index in [1.165, 1.54) is 6.07 Å². The number of imidazole rings is 2. The van der Waals surface area contributed by atoms with Crippen LogP contribution in [-0.4, -0.2) is 39.6 Å². The van der Waals surface area contributed by atoms with Gasteiger partial charge < -0.3 is 16.0 Å². The quantitative estimate of drug-likeness (QED) is 0.296. The van der Waals surface area contributed by atoms with E-state index in [0.717, 1.165) is 9.54 Å². The third-order valence-electron chi connectivity index (χ3n) is 6.04. The maximum Gasteiger partial charge on any atom is 0.244 e. The van der Waals surface area contributed by atoms with E-state index in [4.69, 9.17) is 10.7 Å². The molecule has 36 heavy (non-hydrogen) atoms. The Morgan fingerprint density at radius 3 is 2.42 bits per heavy atom. The molecule has 0 unspecified atom stereocenters. The lowest BCUT2D eigenvalue weighted by atomic mass is 10.0. The van der Waals surface area contributed by atoms with E-state index < -0.39 is 21.1 Å². The van der Waals surface area contributed by atoms with Gasteiger partial charge in [0.1, 0.15) is 11.6 Å². The summed E-state index contributed by atoms with van der Waals surface area (Å²) in [5.41, 5.74) is 10.5. The van der Waals surface area contributed by atoms with Crippen LogP contribution in [0.15, 0.2) is 66.7 Å². The normalized spacial score (nSPS) is 11.9. The Bertz CT molecular complexity index is 1690. The number of nitrogen functional groups attached to an aromatic ring is 1. The topological polar surface area (TPSA) is 119 Å². The van der Waals surface area contributed by atoms with Gasteiger partial charge in [-0.1, -0.05) is 36.4 Å². The summed E-state index contributed by atoms with van der Waals surface area (Å²) in [5, 5.41) is 2.23. The summed E-state index contributed by atoms with van der Waals surface area (Å²) in [6.45, 7) is 3.18. The Morgan fingerprint density at radius 1 is 1.00 bits per heavy atom. The number of nitrogens with zero attached hydrogens (tertiary/aromatic N) is 3. The van der Waals surface area contributed by atoms with E-state index in [1.807, 2.05) is 30.3 Å². The number of halogens is 1. The van der Waals surface area contributed by atoms with Crippen LogP contribution >= 0.6 is 0 Å². The van der Waals surface area contributed by atoms with Crippen molar-refractivity contribution in [1.29, 1.82) is 0 Å². The summed E-state index contributed by atoms with van der Waals surface area (Å²) >= 11 is 0. The molecule has 0 fully saturated rings. The molecule has 2 heterocycles. The Labute approximate surface area is 208 Å². The smallest absolute Gasteiger partial charge is 0.244 e. The van der Waals surface area contributed by atoms with Crippen molar-refractivity contribution < 1.29 is 12.8 Å². The zero-order valence-electron chi connectivity index (χ0n) is 19.9. The first-order valence-electron chi connectivity index (χ1n) is 11.4. The van der Waals surface area contributed by atoms with Crippen molar-refractivity contribution in [2.75, 3.05) is 18.1 Å². The minimum Gasteiger partial charge on any atom is -0.388 e. The highest BCUT2D eigenvalue weighted by atomic mass is 32.2. The first-order chi connectivity index (χ1) is 17.2. The summed E-state index contributed by atoms with van der Waals surface area (Å²) in [7, 11) is -2.03. The van der Waals surface area contributed by atoms with Crippen molar-refractivity contribution >= 4 is 32.7 Å². The number of H-pyrrole nitrogens is 1. The second-order valence-electron chi connectivity index (χ2n) is 8.65. The van der Waals surface area contributed by atoms with Crippen LogP contribution in [0.5, 0.6) is 0 Å². The molecule has 0 bridgehead atoms. The number of anilines is 2. The maximum atomic E-state index is 14.9. The van der Waals surface area contributed by atoms with Crippen molar-refractivity contribution in [3.63, 3.8) is 0 Å². The standard InChI is InChI=1S/C26H25FN6O2S/c1-15(2)36(34,35)33-22-13-17(9-12-21(22)30-26(33)28)24-23(16-7-5-4-6-8-16)31-25(32-24)19-11-10-18(29-3)14-20(19)27/h4-15,29H,1-3H3,(H2,28,30)(H,31,32). The van der Waals surface area contributed by atoms with Crippen LogP contribution in [0.3, 0.4) is 0 Å². The van der Waals surface area contributed by atoms with E-state index in [9.17, 15) is 12.8 Å². The fraction of sp³-hybridized carbons (Fsp3) is 0.154. The van der Waals surface area contributed by atoms with Crippen LogP contribution in [0.1, 0.15) is 13.8 Å². The molecule has 0 amide bonds. The van der Waals surface area contributed by atoms with Gasteiger partial charge in [-0.25, -0.2) is 26.7 Å². The Hall–Kier alpha value is -4.18. The van der Waals surface area contributed by atoms with Gasteiger partial charge >= 0.3 is 0 Å². The molecule has 0 aliphatic carbocycles. The van der Waals surface area contributed by atoms with Gasteiger partial charge in [0.2, 0.25) is 16.0 Å². The van der Waals surface area contributed by atoms with Gasteiger partial charge in [0.15, 0.2) is 0 Å². The largest absolute Gasteiger partial charge is 0.388 e. The predicted octanol–water partition coefficient (Wildman–Crippen LogP) is 5.11. The molecule has 0 spiro atoms. The summed E-state index contributed by atoms with van der Waals surface area (Å²) in [6, 6.07) is 19.6. The predicted molar refractivity (Wildman–Crippen MR) is 142 cm³/mol. The van der Waals surface area contributed by atoms with E-state index in [-0.39, 0.29) is 5.95 Å². The van der Waals surface area contributed by atoms with E-state index in [1.54, 1.807) is 51.2 Å². The van der Waals surface area contributed by atoms with Crippen molar-refractivity contribution in [3.05, 3.63) is 72.5 Å². The molecule has 0 atom stereocenters. The molecule has 4 N–H and O–H groups in total. The third-order valence-corrected chi connectivity index (χ3v) is 8.12. The number of aromatic amines is 1. The second kappa shape index (κ2) is 8.80. The highest BCUT2D eigenvalue weighted by Gasteiger charge is 2.25. The van der Waals surface area contributed by atoms with Crippen LogP contribution in [0, 0.1) is 5.82 Å². The Kier molecular flexibility index (Phi) is 5.76. The summed E-state index contributed by atoms with van der Waals surface area (Å²) < 4.78 is 42.1. The zero-order chi connectivity index (χ0) is 25.6. The minimum absolute atomic E-state index is 0.103. The highest BCUT2D eigenvalue weighted by Crippen LogP contribution is 2.36. The van der Waals surface area contributed by atoms with Gasteiger partial charge in [0, 0.05) is 23.9 Å². The number of hydrogen-bond acceptors (Lipinski definition) is 6. The molecular weight excluding hydrogens is 479 g/mol. The van der Waals surface area contributed by atoms with E-state index >= 15 is 0 Å². The highest BCUT2D eigenvalue weighted by molar-refractivity contribution is 7.90. The van der Waals surface area contributed by atoms with Crippen LogP contribution in [0.25, 0.3) is 44.9 Å². The number of fused-ring (bicyclic) bond motifs is 1. The Morgan fingerprint density at radius 2 is 1.75 bits per heavy atom. The monoisotopic (exact) mass is 504 g/mol. The number of hydrogen-bond donors (Lipinski definition) is 3. The molecule has 0 aliphatic heterocycles. The number of nitrogens with one attached hydrogen (secondary N) is 2. The fourth-order valence-electron chi connectivity index (χ4n) is 4.08. The van der Waals surface area contributed by atoms with Crippen LogP contribution in [-0.2, 0) is 10.0 Å². The average Bonchev–Trinajstić information content (AvgIpc) is 3.45. The number of aromatic nitrogens is 4. The van der Waals surface area contributed by atoms with Crippen LogP contribution in [0.4, 0.5) is 16.0 Å². The summed E-state index contributed by atoms with van der Waals surface area (Å²) in [6.07, 6.45) is 0. The molecule has 0 radical (unpaired) electrons. The van der Waals surface area contributed by atoms with Crippen LogP contribution in [0.2, 0.25) is 0 Å². The summed E-state index contributed by atoms with van der Waals surface area (Å²) in [5.74, 6) is -0.174. The van der Waals surface area contributed by atoms with Gasteiger partial charge in [0.25, 0.3) is 0 Å². The first-order valence-corrected chi connectivity index (χ1v) is 12.9. The van der Waals surface area contributed by atoms with Gasteiger partial charge in [-0.2, -0.15) is 0 Å². The second-order valence-corrected chi connectivity index (χ2v) is 11.0. The number of nitrogens with two attached hydrogens (primary N) is 1. The number of rotatable bonds is 6. The molecule has 0 saturated carbocycles. The molecule has 8 nitrogen and oxygen atoms in total. The lowest BCUT2D eigenvalue weighted by Crippen LogP contribution is -2.23. The van der Waals surface area contributed by atoms with Gasteiger partial charge in [-0.05, 0) is 44.2 Å². The number of benzene rings is 3. The van der Waals surface area contributed by atoms with E-state index in [2.05, 4.69) is 15.3 Å². The van der Waals surface area contributed by atoms with Crippen LogP contribution < -0.4 is 11.1 Å². The molecule has 0 aliphatic rings. The molecule has 2 aromatic heterocycles. The van der Waals surface area contributed by atoms with Gasteiger partial charge in [0.05, 0.1) is 33.2 Å². The summed E-state index contributed by atoms with van der Waals surface area (Å²) in [4.78, 5) is 12.3. The molecule has 5 aromatic rings. The molecule has 10 heteroatoms. The molecule has 5 rings (SSSR count). The van der Waals surface area contributed by atoms with Crippen molar-refractivity contribution in [3.8, 4) is 33.9 Å². The van der Waals surface area contributed by atoms with Crippen molar-refractivity contribution in [1.82, 2.24) is 18.9 Å².